The zero-order valence-electron chi connectivity index (χ0n) is 13.1. The average molecular weight is 307 g/mol. The molecule has 1 heterocycles. The van der Waals surface area contributed by atoms with Crippen molar-refractivity contribution >= 4 is 5.78 Å². The highest BCUT2D eigenvalue weighted by Crippen LogP contribution is 2.22. The van der Waals surface area contributed by atoms with E-state index in [1.807, 2.05) is 33.8 Å². The number of carbonyl (C=O) groups excluding carboxylic acids is 1. The number of nitrogens with zero attached hydrogens (tertiary/aromatic N) is 1. The molecule has 0 saturated heterocycles. The van der Waals surface area contributed by atoms with Crippen molar-refractivity contribution in [1.82, 2.24) is 4.57 Å². The molecule has 0 aliphatic rings. The minimum absolute atomic E-state index is 0.132. The van der Waals surface area contributed by atoms with Crippen molar-refractivity contribution in [3.63, 3.8) is 0 Å². The van der Waals surface area contributed by atoms with E-state index in [9.17, 15) is 13.6 Å². The summed E-state index contributed by atoms with van der Waals surface area (Å²) in [6.07, 6.45) is 0. The van der Waals surface area contributed by atoms with E-state index in [2.05, 4.69) is 4.57 Å². The third-order valence-corrected chi connectivity index (χ3v) is 3.55. The Morgan fingerprint density at radius 2 is 1.91 bits per heavy atom. The molecule has 0 spiro atoms. The number of rotatable bonds is 5. The number of hydrogen-bond acceptors (Lipinski definition) is 2. The van der Waals surface area contributed by atoms with Crippen molar-refractivity contribution in [2.24, 2.45) is 0 Å². The van der Waals surface area contributed by atoms with Crippen molar-refractivity contribution in [3.8, 4) is 5.75 Å². The van der Waals surface area contributed by atoms with Gasteiger partial charge in [0.2, 0.25) is 5.78 Å². The van der Waals surface area contributed by atoms with Gasteiger partial charge in [-0.3, -0.25) is 4.79 Å². The van der Waals surface area contributed by atoms with Gasteiger partial charge in [0, 0.05) is 29.1 Å². The Kier molecular flexibility index (Phi) is 4.64. The molecule has 0 radical (unpaired) electrons. The number of ketones is 1. The van der Waals surface area contributed by atoms with Crippen LogP contribution in [0.1, 0.15) is 41.6 Å². The number of ether oxygens (including phenoxy) is 1. The van der Waals surface area contributed by atoms with Crippen LogP contribution in [0.3, 0.4) is 0 Å². The van der Waals surface area contributed by atoms with Gasteiger partial charge in [-0.25, -0.2) is 8.78 Å². The molecule has 1 aromatic carbocycles. The van der Waals surface area contributed by atoms with Crippen LogP contribution in [0.2, 0.25) is 0 Å². The lowest BCUT2D eigenvalue weighted by atomic mass is 10.1. The fourth-order valence-electron chi connectivity index (χ4n) is 2.67. The van der Waals surface area contributed by atoms with Gasteiger partial charge in [0.1, 0.15) is 5.82 Å². The quantitative estimate of drug-likeness (QED) is 0.774. The smallest absolute Gasteiger partial charge is 0.202 e. The Bertz CT molecular complexity index is 705. The van der Waals surface area contributed by atoms with Crippen LogP contribution in [-0.4, -0.2) is 17.0 Å². The SMILES string of the molecule is Cc1cc(C(=O)COc2ccc(F)cc2F)c(C)n1C(C)C. The summed E-state index contributed by atoms with van der Waals surface area (Å²) in [6, 6.07) is 5.05. The minimum atomic E-state index is -0.819. The molecule has 5 heteroatoms. The molecular weight excluding hydrogens is 288 g/mol. The summed E-state index contributed by atoms with van der Waals surface area (Å²) in [4.78, 5) is 12.3. The number of carbonyl (C=O) groups is 1. The van der Waals surface area contributed by atoms with E-state index in [-0.39, 0.29) is 24.2 Å². The zero-order valence-corrected chi connectivity index (χ0v) is 13.1. The lowest BCUT2D eigenvalue weighted by Gasteiger charge is -2.13. The molecule has 0 saturated carbocycles. The van der Waals surface area contributed by atoms with E-state index in [0.29, 0.717) is 5.56 Å². The summed E-state index contributed by atoms with van der Waals surface area (Å²) in [5.41, 5.74) is 2.42. The fourth-order valence-corrected chi connectivity index (χ4v) is 2.67. The van der Waals surface area contributed by atoms with Gasteiger partial charge in [-0.05, 0) is 45.9 Å². The van der Waals surface area contributed by atoms with Crippen LogP contribution in [0.4, 0.5) is 8.78 Å². The molecule has 0 N–H and O–H groups in total. The maximum Gasteiger partial charge on any atom is 0.202 e. The highest BCUT2D eigenvalue weighted by molar-refractivity contribution is 5.98. The molecule has 22 heavy (non-hydrogen) atoms. The highest BCUT2D eigenvalue weighted by atomic mass is 19.1. The third kappa shape index (κ3) is 3.18. The largest absolute Gasteiger partial charge is 0.482 e. The normalized spacial score (nSPS) is 11.0. The lowest BCUT2D eigenvalue weighted by Crippen LogP contribution is -2.14. The van der Waals surface area contributed by atoms with E-state index in [1.54, 1.807) is 0 Å². The van der Waals surface area contributed by atoms with Crippen molar-refractivity contribution in [2.75, 3.05) is 6.61 Å². The monoisotopic (exact) mass is 307 g/mol. The average Bonchev–Trinajstić information content (AvgIpc) is 2.72. The van der Waals surface area contributed by atoms with E-state index in [0.717, 1.165) is 23.5 Å². The predicted molar refractivity (Wildman–Crippen MR) is 80.5 cm³/mol. The van der Waals surface area contributed by atoms with Crippen molar-refractivity contribution in [1.29, 1.82) is 0 Å². The van der Waals surface area contributed by atoms with Gasteiger partial charge in [0.05, 0.1) is 0 Å². The van der Waals surface area contributed by atoms with Crippen LogP contribution < -0.4 is 4.74 Å². The van der Waals surface area contributed by atoms with Crippen molar-refractivity contribution in [3.05, 3.63) is 52.9 Å². The maximum absolute atomic E-state index is 13.5. The Balaban J connectivity index is 2.15. The van der Waals surface area contributed by atoms with Crippen molar-refractivity contribution < 1.29 is 18.3 Å². The Morgan fingerprint density at radius 3 is 2.45 bits per heavy atom. The molecule has 0 bridgehead atoms. The summed E-state index contributed by atoms with van der Waals surface area (Å²) in [5.74, 6) is -1.87. The van der Waals surface area contributed by atoms with Crippen molar-refractivity contribution in [2.45, 2.75) is 33.7 Å². The Labute approximate surface area is 128 Å². The number of benzene rings is 1. The van der Waals surface area contributed by atoms with Crippen LogP contribution in [-0.2, 0) is 0 Å². The Hall–Kier alpha value is -2.17. The molecule has 0 unspecified atom stereocenters. The molecule has 0 atom stereocenters. The number of halogens is 2. The topological polar surface area (TPSA) is 31.2 Å². The molecule has 2 rings (SSSR count). The number of aryl methyl sites for hydroxylation is 1. The zero-order chi connectivity index (χ0) is 16.4. The number of Topliss-reactive ketones (excluding diaryl/α,β-unsaturated/α-hetero) is 1. The lowest BCUT2D eigenvalue weighted by molar-refractivity contribution is 0.0918. The minimum Gasteiger partial charge on any atom is -0.482 e. The second kappa shape index (κ2) is 6.30. The molecular formula is C17H19F2NO2. The molecule has 0 amide bonds. The standard InChI is InChI=1S/C17H19F2NO2/c1-10(2)20-11(3)7-14(12(20)4)16(21)9-22-17-6-5-13(18)8-15(17)19/h5-8,10H,9H2,1-4H3. The van der Waals surface area contributed by atoms with Gasteiger partial charge in [0.15, 0.2) is 18.2 Å². The number of aromatic nitrogens is 1. The van der Waals surface area contributed by atoms with E-state index < -0.39 is 11.6 Å². The molecule has 2 aromatic rings. The van der Waals surface area contributed by atoms with E-state index >= 15 is 0 Å². The van der Waals surface area contributed by atoms with E-state index in [4.69, 9.17) is 4.74 Å². The summed E-state index contributed by atoms with van der Waals surface area (Å²) >= 11 is 0. The van der Waals surface area contributed by atoms with Crippen LogP contribution in [0.5, 0.6) is 5.75 Å². The summed E-state index contributed by atoms with van der Waals surface area (Å²) in [5, 5.41) is 0. The second-order valence-electron chi connectivity index (χ2n) is 5.54. The summed E-state index contributed by atoms with van der Waals surface area (Å²) < 4.78 is 33.5. The fraction of sp³-hybridized carbons (Fsp3) is 0.353. The first kappa shape index (κ1) is 16.2. The molecule has 1 aromatic heterocycles. The summed E-state index contributed by atoms with van der Waals surface area (Å²) in [7, 11) is 0. The van der Waals surface area contributed by atoms with Gasteiger partial charge >= 0.3 is 0 Å². The van der Waals surface area contributed by atoms with Gasteiger partial charge in [-0.1, -0.05) is 0 Å². The van der Waals surface area contributed by atoms with Gasteiger partial charge < -0.3 is 9.30 Å². The van der Waals surface area contributed by atoms with E-state index in [1.165, 1.54) is 6.07 Å². The highest BCUT2D eigenvalue weighted by Gasteiger charge is 2.18. The first-order valence-corrected chi connectivity index (χ1v) is 7.10. The predicted octanol–water partition coefficient (Wildman–Crippen LogP) is 4.23. The maximum atomic E-state index is 13.5. The molecule has 0 fully saturated rings. The van der Waals surface area contributed by atoms with Crippen LogP contribution in [0.15, 0.2) is 24.3 Å². The molecule has 0 aliphatic heterocycles. The first-order chi connectivity index (χ1) is 10.3. The van der Waals surface area contributed by atoms with Crippen LogP contribution in [0, 0.1) is 25.5 Å². The van der Waals surface area contributed by atoms with Crippen LogP contribution in [0.25, 0.3) is 0 Å². The van der Waals surface area contributed by atoms with Gasteiger partial charge in [-0.15, -0.1) is 0 Å². The summed E-state index contributed by atoms with van der Waals surface area (Å²) in [6.45, 7) is 7.60. The second-order valence-corrected chi connectivity index (χ2v) is 5.54. The van der Waals surface area contributed by atoms with Gasteiger partial charge in [0.25, 0.3) is 0 Å². The molecule has 118 valence electrons. The molecule has 0 aliphatic carbocycles. The third-order valence-electron chi connectivity index (χ3n) is 3.55. The molecule has 3 nitrogen and oxygen atoms in total. The number of hydrogen-bond donors (Lipinski definition) is 0. The first-order valence-electron chi connectivity index (χ1n) is 7.10. The van der Waals surface area contributed by atoms with Gasteiger partial charge in [-0.2, -0.15) is 0 Å². The van der Waals surface area contributed by atoms with Crippen LogP contribution >= 0.6 is 0 Å². The Morgan fingerprint density at radius 1 is 1.23 bits per heavy atom.